The van der Waals surface area contributed by atoms with Gasteiger partial charge in [0.25, 0.3) is 0 Å². The SMILES string of the molecule is CC1CCC(CCC(=O)OCC(C)(COCc2ccccc2)COC(=O)CCC2CCC(C)CC2)CC1. The Kier molecular flexibility index (Phi) is 12.4. The highest BCUT2D eigenvalue weighted by atomic mass is 16.6. The first-order valence-corrected chi connectivity index (χ1v) is 14.7. The zero-order valence-electron chi connectivity index (χ0n) is 23.6. The van der Waals surface area contributed by atoms with Crippen LogP contribution in [0.4, 0.5) is 0 Å². The molecule has 5 nitrogen and oxygen atoms in total. The predicted octanol–water partition coefficient (Wildman–Crippen LogP) is 7.51. The van der Waals surface area contributed by atoms with Crippen molar-refractivity contribution in [3.8, 4) is 0 Å². The predicted molar refractivity (Wildman–Crippen MR) is 147 cm³/mol. The molecule has 208 valence electrons. The standard InChI is InChI=1S/C32H50O5/c1-25-9-13-27(14-10-25)17-19-30(33)36-23-32(3,22-35-21-29-7-5-4-6-8-29)24-37-31(34)20-18-28-15-11-26(2)12-16-28/h4-8,25-28H,9-24H2,1-3H3. The van der Waals surface area contributed by atoms with Crippen molar-refractivity contribution in [3.63, 3.8) is 0 Å². The number of hydrogen-bond acceptors (Lipinski definition) is 5. The van der Waals surface area contributed by atoms with Crippen molar-refractivity contribution < 1.29 is 23.8 Å². The lowest BCUT2D eigenvalue weighted by Crippen LogP contribution is -2.36. The summed E-state index contributed by atoms with van der Waals surface area (Å²) >= 11 is 0. The molecule has 0 bridgehead atoms. The van der Waals surface area contributed by atoms with Gasteiger partial charge < -0.3 is 14.2 Å². The number of esters is 2. The average Bonchev–Trinajstić information content (AvgIpc) is 2.91. The summed E-state index contributed by atoms with van der Waals surface area (Å²) < 4.78 is 17.4. The lowest BCUT2D eigenvalue weighted by molar-refractivity contribution is -0.157. The van der Waals surface area contributed by atoms with E-state index < -0.39 is 5.41 Å². The van der Waals surface area contributed by atoms with Crippen LogP contribution in [-0.4, -0.2) is 31.8 Å². The normalized spacial score (nSPS) is 25.7. The van der Waals surface area contributed by atoms with E-state index in [0.717, 1.165) is 30.2 Å². The number of rotatable bonds is 14. The topological polar surface area (TPSA) is 61.8 Å². The van der Waals surface area contributed by atoms with Gasteiger partial charge in [-0.3, -0.25) is 9.59 Å². The van der Waals surface area contributed by atoms with Crippen molar-refractivity contribution in [2.24, 2.45) is 29.1 Å². The maximum atomic E-state index is 12.6. The van der Waals surface area contributed by atoms with Crippen LogP contribution < -0.4 is 0 Å². The van der Waals surface area contributed by atoms with Crippen LogP contribution in [0.2, 0.25) is 0 Å². The third-order valence-electron chi connectivity index (χ3n) is 8.51. The van der Waals surface area contributed by atoms with Crippen molar-refractivity contribution in [3.05, 3.63) is 35.9 Å². The highest BCUT2D eigenvalue weighted by Gasteiger charge is 2.30. The monoisotopic (exact) mass is 514 g/mol. The van der Waals surface area contributed by atoms with E-state index in [4.69, 9.17) is 14.2 Å². The molecule has 2 fully saturated rings. The number of carbonyl (C=O) groups excluding carboxylic acids is 2. The Morgan fingerprint density at radius 1 is 0.730 bits per heavy atom. The summed E-state index contributed by atoms with van der Waals surface area (Å²) in [5.74, 6) is 2.58. The number of ether oxygens (including phenoxy) is 3. The van der Waals surface area contributed by atoms with Gasteiger partial charge in [-0.2, -0.15) is 0 Å². The summed E-state index contributed by atoms with van der Waals surface area (Å²) in [6.07, 6.45) is 12.7. The fourth-order valence-corrected chi connectivity index (χ4v) is 5.65. The zero-order chi connectivity index (χ0) is 26.5. The van der Waals surface area contributed by atoms with Gasteiger partial charge in [0.1, 0.15) is 13.2 Å². The van der Waals surface area contributed by atoms with Crippen molar-refractivity contribution in [2.75, 3.05) is 19.8 Å². The van der Waals surface area contributed by atoms with E-state index in [2.05, 4.69) is 13.8 Å². The van der Waals surface area contributed by atoms with E-state index in [0.29, 0.717) is 37.9 Å². The highest BCUT2D eigenvalue weighted by molar-refractivity contribution is 5.70. The van der Waals surface area contributed by atoms with Gasteiger partial charge in [0.05, 0.1) is 18.6 Å². The minimum absolute atomic E-state index is 0.161. The molecule has 37 heavy (non-hydrogen) atoms. The fourth-order valence-electron chi connectivity index (χ4n) is 5.65. The molecule has 2 aliphatic rings. The van der Waals surface area contributed by atoms with Crippen molar-refractivity contribution in [1.29, 1.82) is 0 Å². The van der Waals surface area contributed by atoms with E-state index in [9.17, 15) is 9.59 Å². The van der Waals surface area contributed by atoms with Gasteiger partial charge in [-0.1, -0.05) is 102 Å². The molecule has 1 aromatic rings. The Balaban J connectivity index is 1.43. The Morgan fingerprint density at radius 3 is 1.65 bits per heavy atom. The van der Waals surface area contributed by atoms with Crippen molar-refractivity contribution >= 4 is 11.9 Å². The van der Waals surface area contributed by atoms with E-state index in [-0.39, 0.29) is 25.2 Å². The van der Waals surface area contributed by atoms with Crippen LogP contribution in [0, 0.1) is 29.1 Å². The smallest absolute Gasteiger partial charge is 0.305 e. The van der Waals surface area contributed by atoms with Gasteiger partial charge >= 0.3 is 11.9 Å². The molecule has 0 amide bonds. The average molecular weight is 515 g/mol. The summed E-state index contributed by atoms with van der Waals surface area (Å²) in [6, 6.07) is 10.0. The van der Waals surface area contributed by atoms with E-state index in [1.54, 1.807) is 0 Å². The van der Waals surface area contributed by atoms with Gasteiger partial charge in [-0.15, -0.1) is 0 Å². The molecule has 0 saturated heterocycles. The van der Waals surface area contributed by atoms with Crippen molar-refractivity contribution in [1.82, 2.24) is 0 Å². The highest BCUT2D eigenvalue weighted by Crippen LogP contribution is 2.32. The second-order valence-corrected chi connectivity index (χ2v) is 12.4. The summed E-state index contributed by atoms with van der Waals surface area (Å²) in [5, 5.41) is 0. The summed E-state index contributed by atoms with van der Waals surface area (Å²) in [4.78, 5) is 25.1. The Morgan fingerprint density at radius 2 is 1.19 bits per heavy atom. The number of carbonyl (C=O) groups is 2. The molecule has 5 heteroatoms. The lowest BCUT2D eigenvalue weighted by Gasteiger charge is -2.29. The lowest BCUT2D eigenvalue weighted by atomic mass is 9.81. The van der Waals surface area contributed by atoms with Crippen LogP contribution in [0.15, 0.2) is 30.3 Å². The number of hydrogen-bond donors (Lipinski definition) is 0. The fraction of sp³-hybridized carbons (Fsp3) is 0.750. The molecule has 0 atom stereocenters. The van der Waals surface area contributed by atoms with Crippen LogP contribution in [0.1, 0.15) is 103 Å². The number of benzene rings is 1. The zero-order valence-corrected chi connectivity index (χ0v) is 23.6. The van der Waals surface area contributed by atoms with Crippen LogP contribution in [-0.2, 0) is 30.4 Å². The molecule has 0 spiro atoms. The van der Waals surface area contributed by atoms with Gasteiger partial charge in [0.15, 0.2) is 0 Å². The summed E-state index contributed by atoms with van der Waals surface area (Å²) in [7, 11) is 0. The van der Waals surface area contributed by atoms with E-state index in [1.807, 2.05) is 37.3 Å². The Labute approximate surface area is 225 Å². The van der Waals surface area contributed by atoms with E-state index in [1.165, 1.54) is 51.4 Å². The second-order valence-electron chi connectivity index (χ2n) is 12.4. The first-order chi connectivity index (χ1) is 17.8. The first kappa shape index (κ1) is 29.7. The Hall–Kier alpha value is -1.88. The van der Waals surface area contributed by atoms with Gasteiger partial charge in [0, 0.05) is 12.8 Å². The third-order valence-corrected chi connectivity index (χ3v) is 8.51. The van der Waals surface area contributed by atoms with Crippen LogP contribution in [0.5, 0.6) is 0 Å². The quantitative estimate of drug-likeness (QED) is 0.240. The largest absolute Gasteiger partial charge is 0.465 e. The van der Waals surface area contributed by atoms with Crippen LogP contribution in [0.25, 0.3) is 0 Å². The molecule has 0 aliphatic heterocycles. The molecule has 2 saturated carbocycles. The molecular weight excluding hydrogens is 464 g/mol. The molecular formula is C32H50O5. The van der Waals surface area contributed by atoms with Gasteiger partial charge in [-0.25, -0.2) is 0 Å². The molecule has 1 aromatic carbocycles. The Bertz CT molecular complexity index is 749. The minimum Gasteiger partial charge on any atom is -0.465 e. The summed E-state index contributed by atoms with van der Waals surface area (Å²) in [6.45, 7) is 7.81. The molecule has 0 heterocycles. The minimum atomic E-state index is -0.583. The van der Waals surface area contributed by atoms with Gasteiger partial charge in [0.2, 0.25) is 0 Å². The summed E-state index contributed by atoms with van der Waals surface area (Å²) in [5.41, 5.74) is 0.503. The molecule has 0 aromatic heterocycles. The molecule has 0 radical (unpaired) electrons. The third kappa shape index (κ3) is 11.6. The van der Waals surface area contributed by atoms with Crippen LogP contribution >= 0.6 is 0 Å². The van der Waals surface area contributed by atoms with Crippen LogP contribution in [0.3, 0.4) is 0 Å². The molecule has 0 N–H and O–H groups in total. The maximum absolute atomic E-state index is 12.6. The van der Waals surface area contributed by atoms with Crippen molar-refractivity contribution in [2.45, 2.75) is 104 Å². The molecule has 0 unspecified atom stereocenters. The van der Waals surface area contributed by atoms with E-state index >= 15 is 0 Å². The first-order valence-electron chi connectivity index (χ1n) is 14.7. The van der Waals surface area contributed by atoms with Gasteiger partial charge in [-0.05, 0) is 42.1 Å². The molecule has 2 aliphatic carbocycles. The molecule has 3 rings (SSSR count). The second kappa shape index (κ2) is 15.5. The maximum Gasteiger partial charge on any atom is 0.305 e.